The Kier molecular flexibility index (Phi) is 5.79. The predicted molar refractivity (Wildman–Crippen MR) is 73.0 cm³/mol. The number of rotatable bonds is 5. The molecular weight excluding hydrogens is 296 g/mol. The lowest BCUT2D eigenvalue weighted by molar-refractivity contribution is 0.766. The Balaban J connectivity index is 2.56. The summed E-state index contributed by atoms with van der Waals surface area (Å²) < 4.78 is 0.908. The van der Waals surface area contributed by atoms with Gasteiger partial charge < -0.3 is 5.32 Å². The number of thioether (sulfide) groups is 1. The second-order valence-electron chi connectivity index (χ2n) is 3.31. The Morgan fingerprint density at radius 3 is 3.00 bits per heavy atom. The molecule has 0 amide bonds. The molecule has 1 aromatic heterocycles. The summed E-state index contributed by atoms with van der Waals surface area (Å²) in [4.78, 5) is 4.23. The number of anilines is 1. The van der Waals surface area contributed by atoms with Crippen LogP contribution in [0.25, 0.3) is 0 Å². The third-order valence-corrected chi connectivity index (χ3v) is 3.40. The van der Waals surface area contributed by atoms with E-state index >= 15 is 0 Å². The minimum Gasteiger partial charge on any atom is -0.367 e. The summed E-state index contributed by atoms with van der Waals surface area (Å²) in [6.45, 7) is 2.15. The standard InChI is InChI=1S/C10H14BrClN2S/c1-7(3-4-15-2)14-10-9(11)5-8(12)6-13-10/h5-7H,3-4H2,1-2H3,(H,13,14). The molecule has 0 aliphatic heterocycles. The highest BCUT2D eigenvalue weighted by atomic mass is 79.9. The number of halogens is 2. The van der Waals surface area contributed by atoms with Crippen molar-refractivity contribution in [2.75, 3.05) is 17.3 Å². The number of nitrogens with zero attached hydrogens (tertiary/aromatic N) is 1. The van der Waals surface area contributed by atoms with E-state index in [9.17, 15) is 0 Å². The number of aromatic nitrogens is 1. The number of hydrogen-bond donors (Lipinski definition) is 1. The van der Waals surface area contributed by atoms with Crippen LogP contribution in [0, 0.1) is 0 Å². The van der Waals surface area contributed by atoms with Gasteiger partial charge in [-0.15, -0.1) is 0 Å². The lowest BCUT2D eigenvalue weighted by Crippen LogP contribution is -2.17. The molecule has 0 saturated carbocycles. The van der Waals surface area contributed by atoms with Crippen LogP contribution in [0.5, 0.6) is 0 Å². The van der Waals surface area contributed by atoms with Crippen molar-refractivity contribution < 1.29 is 0 Å². The largest absolute Gasteiger partial charge is 0.367 e. The first-order valence-electron chi connectivity index (χ1n) is 4.70. The van der Waals surface area contributed by atoms with E-state index < -0.39 is 0 Å². The van der Waals surface area contributed by atoms with Gasteiger partial charge in [-0.25, -0.2) is 4.98 Å². The molecule has 1 N–H and O–H groups in total. The molecule has 15 heavy (non-hydrogen) atoms. The van der Waals surface area contributed by atoms with E-state index in [1.165, 1.54) is 0 Å². The summed E-state index contributed by atoms with van der Waals surface area (Å²) >= 11 is 11.1. The van der Waals surface area contributed by atoms with E-state index in [4.69, 9.17) is 11.6 Å². The van der Waals surface area contributed by atoms with E-state index in [2.05, 4.69) is 39.4 Å². The highest BCUT2D eigenvalue weighted by molar-refractivity contribution is 9.10. The summed E-state index contributed by atoms with van der Waals surface area (Å²) in [5.41, 5.74) is 0. The summed E-state index contributed by atoms with van der Waals surface area (Å²) in [5, 5.41) is 3.98. The van der Waals surface area contributed by atoms with Gasteiger partial charge in [-0.2, -0.15) is 11.8 Å². The molecule has 0 spiro atoms. The van der Waals surface area contributed by atoms with Crippen molar-refractivity contribution in [2.45, 2.75) is 19.4 Å². The summed E-state index contributed by atoms with van der Waals surface area (Å²) in [6.07, 6.45) is 4.89. The fraction of sp³-hybridized carbons (Fsp3) is 0.500. The van der Waals surface area contributed by atoms with Crippen LogP contribution in [0.3, 0.4) is 0 Å². The van der Waals surface area contributed by atoms with Gasteiger partial charge in [0.1, 0.15) is 5.82 Å². The number of nitrogens with one attached hydrogen (secondary N) is 1. The summed E-state index contributed by atoms with van der Waals surface area (Å²) in [5.74, 6) is 2.01. The Labute approximate surface area is 108 Å². The van der Waals surface area contributed by atoms with E-state index in [-0.39, 0.29) is 0 Å². The van der Waals surface area contributed by atoms with Gasteiger partial charge in [0.15, 0.2) is 0 Å². The predicted octanol–water partition coefficient (Wildman–Crippen LogP) is 4.05. The Morgan fingerprint density at radius 2 is 2.40 bits per heavy atom. The first-order chi connectivity index (χ1) is 7.13. The van der Waals surface area contributed by atoms with Gasteiger partial charge in [0, 0.05) is 12.2 Å². The summed E-state index contributed by atoms with van der Waals surface area (Å²) in [6, 6.07) is 2.26. The zero-order valence-corrected chi connectivity index (χ0v) is 11.9. The van der Waals surface area contributed by atoms with Gasteiger partial charge in [0.05, 0.1) is 9.50 Å². The number of pyridine rings is 1. The maximum Gasteiger partial charge on any atom is 0.140 e. The molecule has 0 aliphatic rings. The SMILES string of the molecule is CSCCC(C)Nc1ncc(Cl)cc1Br. The van der Waals surface area contributed by atoms with Crippen LogP contribution in [0.1, 0.15) is 13.3 Å². The van der Waals surface area contributed by atoms with Crippen molar-refractivity contribution in [2.24, 2.45) is 0 Å². The second kappa shape index (κ2) is 6.61. The van der Waals surface area contributed by atoms with Crippen molar-refractivity contribution in [1.29, 1.82) is 0 Å². The molecule has 0 fully saturated rings. The van der Waals surface area contributed by atoms with Gasteiger partial charge in [-0.05, 0) is 47.3 Å². The molecule has 1 aromatic rings. The fourth-order valence-corrected chi connectivity index (χ4v) is 2.46. The smallest absolute Gasteiger partial charge is 0.140 e. The van der Waals surface area contributed by atoms with Crippen LogP contribution < -0.4 is 5.32 Å². The average Bonchev–Trinajstić information content (AvgIpc) is 2.19. The third-order valence-electron chi connectivity index (χ3n) is 1.95. The molecule has 1 unspecified atom stereocenters. The average molecular weight is 310 g/mol. The quantitative estimate of drug-likeness (QED) is 0.888. The lowest BCUT2D eigenvalue weighted by atomic mass is 10.2. The fourth-order valence-electron chi connectivity index (χ4n) is 1.12. The Morgan fingerprint density at radius 1 is 1.67 bits per heavy atom. The van der Waals surface area contributed by atoms with Crippen molar-refractivity contribution in [3.63, 3.8) is 0 Å². The van der Waals surface area contributed by atoms with Crippen molar-refractivity contribution in [3.8, 4) is 0 Å². The molecule has 2 nitrogen and oxygen atoms in total. The van der Waals surface area contributed by atoms with Crippen molar-refractivity contribution in [3.05, 3.63) is 21.8 Å². The molecule has 0 aromatic carbocycles. The molecule has 1 rings (SSSR count). The van der Waals surface area contributed by atoms with Crippen LogP contribution in [0.2, 0.25) is 5.02 Å². The highest BCUT2D eigenvalue weighted by Crippen LogP contribution is 2.24. The van der Waals surface area contributed by atoms with Crippen molar-refractivity contribution in [1.82, 2.24) is 4.98 Å². The molecule has 0 aliphatic carbocycles. The minimum atomic E-state index is 0.419. The third kappa shape index (κ3) is 4.62. The first-order valence-corrected chi connectivity index (χ1v) is 7.26. The monoisotopic (exact) mass is 308 g/mol. The highest BCUT2D eigenvalue weighted by Gasteiger charge is 2.06. The van der Waals surface area contributed by atoms with Gasteiger partial charge >= 0.3 is 0 Å². The van der Waals surface area contributed by atoms with Crippen LogP contribution in [0.4, 0.5) is 5.82 Å². The van der Waals surface area contributed by atoms with E-state index in [0.29, 0.717) is 11.1 Å². The number of hydrogen-bond acceptors (Lipinski definition) is 3. The van der Waals surface area contributed by atoms with Gasteiger partial charge in [-0.1, -0.05) is 11.6 Å². The van der Waals surface area contributed by atoms with Gasteiger partial charge in [0.2, 0.25) is 0 Å². The Hall–Kier alpha value is 0.0700. The lowest BCUT2D eigenvalue weighted by Gasteiger charge is -2.14. The molecule has 84 valence electrons. The van der Waals surface area contributed by atoms with Gasteiger partial charge in [0.25, 0.3) is 0 Å². The van der Waals surface area contributed by atoms with E-state index in [1.54, 1.807) is 6.20 Å². The molecule has 1 heterocycles. The van der Waals surface area contributed by atoms with E-state index in [0.717, 1.165) is 22.5 Å². The molecule has 5 heteroatoms. The Bertz CT molecular complexity index is 322. The van der Waals surface area contributed by atoms with Gasteiger partial charge in [-0.3, -0.25) is 0 Å². The normalized spacial score (nSPS) is 12.5. The van der Waals surface area contributed by atoms with Crippen LogP contribution in [0.15, 0.2) is 16.7 Å². The zero-order valence-electron chi connectivity index (χ0n) is 8.76. The topological polar surface area (TPSA) is 24.9 Å². The molecule has 0 radical (unpaired) electrons. The maximum absolute atomic E-state index is 5.81. The first kappa shape index (κ1) is 13.1. The molecular formula is C10H14BrClN2S. The molecule has 1 atom stereocenters. The molecule has 0 saturated heterocycles. The summed E-state index contributed by atoms with van der Waals surface area (Å²) in [7, 11) is 0. The maximum atomic E-state index is 5.81. The molecule has 0 bridgehead atoms. The zero-order chi connectivity index (χ0) is 11.3. The van der Waals surface area contributed by atoms with Crippen LogP contribution >= 0.6 is 39.3 Å². The van der Waals surface area contributed by atoms with Crippen LogP contribution in [-0.4, -0.2) is 23.0 Å². The minimum absolute atomic E-state index is 0.419. The second-order valence-corrected chi connectivity index (χ2v) is 5.59. The van der Waals surface area contributed by atoms with Crippen molar-refractivity contribution >= 4 is 45.1 Å². The van der Waals surface area contributed by atoms with Crippen LogP contribution in [-0.2, 0) is 0 Å². The van der Waals surface area contributed by atoms with E-state index in [1.807, 2.05) is 17.8 Å².